The van der Waals surface area contributed by atoms with Gasteiger partial charge in [0.2, 0.25) is 0 Å². The van der Waals surface area contributed by atoms with Crippen LogP contribution < -0.4 is 15.5 Å². The Labute approximate surface area is 170 Å². The van der Waals surface area contributed by atoms with E-state index in [4.69, 9.17) is 27.9 Å². The summed E-state index contributed by atoms with van der Waals surface area (Å²) in [7, 11) is 1.75. The molecule has 0 atom stereocenters. The number of morpholine rings is 1. The van der Waals surface area contributed by atoms with Crippen molar-refractivity contribution in [2.75, 3.05) is 38.3 Å². The number of benzene rings is 2. The van der Waals surface area contributed by atoms with E-state index >= 15 is 0 Å². The van der Waals surface area contributed by atoms with Gasteiger partial charge in [-0.15, -0.1) is 0 Å². The first-order chi connectivity index (χ1) is 13.2. The lowest BCUT2D eigenvalue weighted by Gasteiger charge is -2.28. The van der Waals surface area contributed by atoms with Gasteiger partial charge in [-0.25, -0.2) is 0 Å². The van der Waals surface area contributed by atoms with Gasteiger partial charge in [0.25, 0.3) is 0 Å². The topological polar surface area (TPSA) is 48.9 Å². The standard InChI is InChI=1S/C20H24Cl2N4O/c1-23-20(25-14-16-4-5-17(21)12-19(16)22)24-13-15-2-6-18(7-3-15)26-8-10-27-11-9-26/h2-7,12H,8-11,13-14H2,1H3,(H2,23,24,25). The predicted molar refractivity (Wildman–Crippen MR) is 113 cm³/mol. The van der Waals surface area contributed by atoms with Crippen molar-refractivity contribution in [3.8, 4) is 0 Å². The second-order valence-corrected chi connectivity index (χ2v) is 7.12. The predicted octanol–water partition coefficient (Wildman–Crippen LogP) is 3.70. The van der Waals surface area contributed by atoms with E-state index in [1.807, 2.05) is 12.1 Å². The smallest absolute Gasteiger partial charge is 0.191 e. The highest BCUT2D eigenvalue weighted by Crippen LogP contribution is 2.20. The number of guanidine groups is 1. The van der Waals surface area contributed by atoms with Crippen LogP contribution in [0.15, 0.2) is 47.5 Å². The fourth-order valence-corrected chi connectivity index (χ4v) is 3.37. The molecule has 0 saturated carbocycles. The molecule has 1 aliphatic rings. The molecule has 5 nitrogen and oxygen atoms in total. The molecule has 27 heavy (non-hydrogen) atoms. The molecular weight excluding hydrogens is 383 g/mol. The van der Waals surface area contributed by atoms with Gasteiger partial charge in [-0.05, 0) is 35.4 Å². The van der Waals surface area contributed by atoms with Gasteiger partial charge >= 0.3 is 0 Å². The maximum atomic E-state index is 6.21. The van der Waals surface area contributed by atoms with Crippen molar-refractivity contribution >= 4 is 34.8 Å². The van der Waals surface area contributed by atoms with E-state index in [-0.39, 0.29) is 0 Å². The molecule has 0 radical (unpaired) electrons. The van der Waals surface area contributed by atoms with E-state index < -0.39 is 0 Å². The Hall–Kier alpha value is -1.95. The van der Waals surface area contributed by atoms with E-state index in [0.717, 1.165) is 37.8 Å². The molecule has 7 heteroatoms. The first-order valence-corrected chi connectivity index (χ1v) is 9.71. The average Bonchev–Trinajstić information content (AvgIpc) is 2.70. The number of rotatable bonds is 5. The summed E-state index contributed by atoms with van der Waals surface area (Å²) in [6.07, 6.45) is 0. The second-order valence-electron chi connectivity index (χ2n) is 6.28. The molecule has 1 heterocycles. The maximum absolute atomic E-state index is 6.21. The van der Waals surface area contributed by atoms with Crippen LogP contribution in [0.25, 0.3) is 0 Å². The lowest BCUT2D eigenvalue weighted by atomic mass is 10.2. The summed E-state index contributed by atoms with van der Waals surface area (Å²) in [6, 6.07) is 14.1. The zero-order valence-corrected chi connectivity index (χ0v) is 16.9. The van der Waals surface area contributed by atoms with Gasteiger partial charge in [0, 0.05) is 49.0 Å². The lowest BCUT2D eigenvalue weighted by molar-refractivity contribution is 0.122. The summed E-state index contributed by atoms with van der Waals surface area (Å²) in [5, 5.41) is 7.86. The molecule has 1 saturated heterocycles. The number of anilines is 1. The van der Waals surface area contributed by atoms with Gasteiger partial charge in [0.1, 0.15) is 0 Å². The van der Waals surface area contributed by atoms with E-state index in [2.05, 4.69) is 44.8 Å². The third kappa shape index (κ3) is 5.76. The molecule has 2 aromatic carbocycles. The SMILES string of the molecule is CN=C(NCc1ccc(N2CCOCC2)cc1)NCc1ccc(Cl)cc1Cl. The Morgan fingerprint density at radius 3 is 2.41 bits per heavy atom. The van der Waals surface area contributed by atoms with E-state index in [1.54, 1.807) is 13.1 Å². The Balaban J connectivity index is 1.50. The lowest BCUT2D eigenvalue weighted by Crippen LogP contribution is -2.36. The van der Waals surface area contributed by atoms with Gasteiger partial charge in [0.15, 0.2) is 5.96 Å². The van der Waals surface area contributed by atoms with Crippen molar-refractivity contribution in [1.82, 2.24) is 10.6 Å². The number of halogens is 2. The number of ether oxygens (including phenoxy) is 1. The van der Waals surface area contributed by atoms with Crippen molar-refractivity contribution in [3.05, 3.63) is 63.6 Å². The van der Waals surface area contributed by atoms with Gasteiger partial charge in [-0.1, -0.05) is 41.4 Å². The minimum absolute atomic E-state index is 0.575. The molecule has 1 fully saturated rings. The Morgan fingerprint density at radius 2 is 1.74 bits per heavy atom. The number of aliphatic imine (C=N–C) groups is 1. The highest BCUT2D eigenvalue weighted by atomic mass is 35.5. The Kier molecular flexibility index (Phi) is 7.21. The number of hydrogen-bond donors (Lipinski definition) is 2. The van der Waals surface area contributed by atoms with Crippen LogP contribution in [0.1, 0.15) is 11.1 Å². The Bertz CT molecular complexity index is 774. The third-order valence-corrected chi connectivity index (χ3v) is 5.04. The molecule has 1 aliphatic heterocycles. The van der Waals surface area contributed by atoms with E-state index in [0.29, 0.717) is 23.1 Å². The van der Waals surface area contributed by atoms with Gasteiger partial charge in [-0.2, -0.15) is 0 Å². The summed E-state index contributed by atoms with van der Waals surface area (Å²) >= 11 is 12.1. The van der Waals surface area contributed by atoms with Crippen molar-refractivity contribution in [1.29, 1.82) is 0 Å². The van der Waals surface area contributed by atoms with Crippen LogP contribution in [0.3, 0.4) is 0 Å². The molecule has 0 spiro atoms. The summed E-state index contributed by atoms with van der Waals surface area (Å²) in [4.78, 5) is 6.60. The molecule has 0 unspecified atom stereocenters. The van der Waals surface area contributed by atoms with Crippen molar-refractivity contribution in [3.63, 3.8) is 0 Å². The summed E-state index contributed by atoms with van der Waals surface area (Å²) in [5.74, 6) is 0.721. The number of nitrogens with one attached hydrogen (secondary N) is 2. The fraction of sp³-hybridized carbons (Fsp3) is 0.350. The monoisotopic (exact) mass is 406 g/mol. The minimum Gasteiger partial charge on any atom is -0.378 e. The first kappa shape index (κ1) is 19.8. The highest BCUT2D eigenvalue weighted by molar-refractivity contribution is 6.35. The maximum Gasteiger partial charge on any atom is 0.191 e. The van der Waals surface area contributed by atoms with Crippen molar-refractivity contribution < 1.29 is 4.74 Å². The molecule has 0 amide bonds. The van der Waals surface area contributed by atoms with E-state index in [1.165, 1.54) is 11.3 Å². The van der Waals surface area contributed by atoms with Gasteiger partial charge < -0.3 is 20.3 Å². The number of hydrogen-bond acceptors (Lipinski definition) is 3. The normalized spacial score (nSPS) is 14.9. The van der Waals surface area contributed by atoms with Gasteiger partial charge in [0.05, 0.1) is 13.2 Å². The van der Waals surface area contributed by atoms with Crippen LogP contribution in [-0.4, -0.2) is 39.3 Å². The van der Waals surface area contributed by atoms with Crippen LogP contribution in [0.5, 0.6) is 0 Å². The molecule has 2 N–H and O–H groups in total. The van der Waals surface area contributed by atoms with Crippen LogP contribution in [0.2, 0.25) is 10.0 Å². The summed E-state index contributed by atoms with van der Waals surface area (Å²) in [5.41, 5.74) is 3.40. The molecule has 0 aromatic heterocycles. The van der Waals surface area contributed by atoms with Crippen LogP contribution >= 0.6 is 23.2 Å². The quantitative estimate of drug-likeness (QED) is 0.586. The minimum atomic E-state index is 0.575. The summed E-state index contributed by atoms with van der Waals surface area (Å²) < 4.78 is 5.40. The van der Waals surface area contributed by atoms with Crippen molar-refractivity contribution in [2.45, 2.75) is 13.1 Å². The molecule has 3 rings (SSSR count). The number of nitrogens with zero attached hydrogens (tertiary/aromatic N) is 2. The molecule has 0 bridgehead atoms. The van der Waals surface area contributed by atoms with Crippen LogP contribution in [0, 0.1) is 0 Å². The molecular formula is C20H24Cl2N4O. The highest BCUT2D eigenvalue weighted by Gasteiger charge is 2.10. The molecule has 0 aliphatic carbocycles. The largest absolute Gasteiger partial charge is 0.378 e. The second kappa shape index (κ2) is 9.83. The zero-order chi connectivity index (χ0) is 19.1. The Morgan fingerprint density at radius 1 is 1.04 bits per heavy atom. The zero-order valence-electron chi connectivity index (χ0n) is 15.3. The van der Waals surface area contributed by atoms with Crippen LogP contribution in [-0.2, 0) is 17.8 Å². The first-order valence-electron chi connectivity index (χ1n) is 8.96. The molecule has 2 aromatic rings. The van der Waals surface area contributed by atoms with Gasteiger partial charge in [-0.3, -0.25) is 4.99 Å². The van der Waals surface area contributed by atoms with Crippen molar-refractivity contribution in [2.24, 2.45) is 4.99 Å². The van der Waals surface area contributed by atoms with Crippen LogP contribution in [0.4, 0.5) is 5.69 Å². The average molecular weight is 407 g/mol. The molecule has 144 valence electrons. The third-order valence-electron chi connectivity index (χ3n) is 4.46. The fourth-order valence-electron chi connectivity index (χ4n) is 2.90. The summed E-state index contributed by atoms with van der Waals surface area (Å²) in [6.45, 7) is 4.75. The van der Waals surface area contributed by atoms with E-state index in [9.17, 15) is 0 Å².